The number of furan rings is 2. The van der Waals surface area contributed by atoms with Crippen LogP contribution in [0.1, 0.15) is 23.0 Å². The molecule has 1 aliphatic rings. The molecule has 130 valence electrons. The number of rotatable bonds is 3. The molecule has 1 saturated heterocycles. The lowest BCUT2D eigenvalue weighted by atomic mass is 10.2. The summed E-state index contributed by atoms with van der Waals surface area (Å²) in [6.07, 6.45) is 5.73. The third-order valence-electron chi connectivity index (χ3n) is 4.74. The number of hydrogen-bond donors (Lipinski definition) is 0. The number of hydrogen-bond acceptors (Lipinski definition) is 5. The first-order chi connectivity index (χ1) is 12.8. The van der Waals surface area contributed by atoms with Gasteiger partial charge in [0.25, 0.3) is 5.91 Å². The lowest BCUT2D eigenvalue weighted by molar-refractivity contribution is 0.0756. The molecule has 1 fully saturated rings. The van der Waals surface area contributed by atoms with Crippen LogP contribution in [0.4, 0.5) is 0 Å². The van der Waals surface area contributed by atoms with E-state index in [4.69, 9.17) is 13.8 Å². The minimum absolute atomic E-state index is 0.0777. The number of pyridine rings is 1. The van der Waals surface area contributed by atoms with Gasteiger partial charge in [-0.25, -0.2) is 9.97 Å². The van der Waals surface area contributed by atoms with Crippen LogP contribution in [0, 0.1) is 0 Å². The normalized spacial score (nSPS) is 17.2. The van der Waals surface area contributed by atoms with Gasteiger partial charge in [-0.3, -0.25) is 4.79 Å². The molecule has 0 aromatic carbocycles. The average molecular weight is 348 g/mol. The fourth-order valence-electron chi connectivity index (χ4n) is 3.55. The van der Waals surface area contributed by atoms with Gasteiger partial charge >= 0.3 is 0 Å². The molecule has 0 spiro atoms. The van der Waals surface area contributed by atoms with Crippen LogP contribution in [0.2, 0.25) is 0 Å². The second kappa shape index (κ2) is 5.87. The Hall–Kier alpha value is -3.35. The fraction of sp³-hybridized carbons (Fsp3) is 0.211. The summed E-state index contributed by atoms with van der Waals surface area (Å²) in [4.78, 5) is 23.6. The average Bonchev–Trinajstić information content (AvgIpc) is 3.47. The minimum Gasteiger partial charge on any atom is -0.461 e. The standard InChI is InChI=1S/C19H16N4O3/c24-19(16-6-3-11-26-16)22-9-7-13(12-22)23-17-14(4-1-8-20-17)21-18(23)15-5-2-10-25-15/h1-6,8,10-11,13H,7,9,12H2/t13-/m1/s1. The number of fused-ring (bicyclic) bond motifs is 1. The Morgan fingerprint density at radius 1 is 1.12 bits per heavy atom. The lowest BCUT2D eigenvalue weighted by Gasteiger charge is -2.17. The smallest absolute Gasteiger partial charge is 0.289 e. The van der Waals surface area contributed by atoms with E-state index in [9.17, 15) is 4.79 Å². The number of nitrogens with zero attached hydrogens (tertiary/aromatic N) is 4. The summed E-state index contributed by atoms with van der Waals surface area (Å²) in [6, 6.07) is 11.0. The van der Waals surface area contributed by atoms with Gasteiger partial charge in [-0.05, 0) is 42.8 Å². The Morgan fingerprint density at radius 2 is 2.00 bits per heavy atom. The van der Waals surface area contributed by atoms with Gasteiger partial charge in [0, 0.05) is 19.3 Å². The summed E-state index contributed by atoms with van der Waals surface area (Å²) < 4.78 is 12.9. The molecule has 1 amide bonds. The van der Waals surface area contributed by atoms with Gasteiger partial charge in [0.2, 0.25) is 0 Å². The lowest BCUT2D eigenvalue weighted by Crippen LogP contribution is -2.28. The topological polar surface area (TPSA) is 77.3 Å². The molecule has 1 aliphatic heterocycles. The third kappa shape index (κ3) is 2.32. The van der Waals surface area contributed by atoms with E-state index in [-0.39, 0.29) is 11.9 Å². The molecule has 0 aliphatic carbocycles. The molecule has 1 atom stereocenters. The van der Waals surface area contributed by atoms with Crippen molar-refractivity contribution in [2.75, 3.05) is 13.1 Å². The zero-order chi connectivity index (χ0) is 17.5. The van der Waals surface area contributed by atoms with E-state index in [1.807, 2.05) is 29.2 Å². The van der Waals surface area contributed by atoms with Gasteiger partial charge in [-0.1, -0.05) is 0 Å². The third-order valence-corrected chi connectivity index (χ3v) is 4.74. The molecule has 5 rings (SSSR count). The Kier molecular flexibility index (Phi) is 3.38. The first-order valence-corrected chi connectivity index (χ1v) is 8.51. The largest absolute Gasteiger partial charge is 0.461 e. The summed E-state index contributed by atoms with van der Waals surface area (Å²) in [7, 11) is 0. The quantitative estimate of drug-likeness (QED) is 0.567. The zero-order valence-electron chi connectivity index (χ0n) is 13.9. The van der Waals surface area contributed by atoms with Gasteiger partial charge < -0.3 is 18.3 Å². The van der Waals surface area contributed by atoms with Crippen molar-refractivity contribution in [3.8, 4) is 11.6 Å². The number of amides is 1. The molecule has 0 saturated carbocycles. The maximum absolute atomic E-state index is 12.6. The summed E-state index contributed by atoms with van der Waals surface area (Å²) >= 11 is 0. The second-order valence-corrected chi connectivity index (χ2v) is 6.30. The highest BCUT2D eigenvalue weighted by Crippen LogP contribution is 2.32. The zero-order valence-corrected chi connectivity index (χ0v) is 13.9. The molecule has 7 heteroatoms. The Balaban J connectivity index is 1.53. The van der Waals surface area contributed by atoms with E-state index in [0.29, 0.717) is 24.6 Å². The number of likely N-dealkylation sites (tertiary alicyclic amines) is 1. The van der Waals surface area contributed by atoms with Crippen molar-refractivity contribution in [2.24, 2.45) is 0 Å². The van der Waals surface area contributed by atoms with Crippen molar-refractivity contribution in [1.29, 1.82) is 0 Å². The van der Waals surface area contributed by atoms with E-state index in [2.05, 4.69) is 9.55 Å². The summed E-state index contributed by atoms with van der Waals surface area (Å²) in [6.45, 7) is 1.24. The van der Waals surface area contributed by atoms with Crippen molar-refractivity contribution in [3.05, 3.63) is 60.9 Å². The van der Waals surface area contributed by atoms with E-state index < -0.39 is 0 Å². The molecular formula is C19H16N4O3. The van der Waals surface area contributed by atoms with Crippen molar-refractivity contribution in [3.63, 3.8) is 0 Å². The van der Waals surface area contributed by atoms with E-state index >= 15 is 0 Å². The molecule has 4 aromatic heterocycles. The van der Waals surface area contributed by atoms with Crippen molar-refractivity contribution >= 4 is 17.1 Å². The van der Waals surface area contributed by atoms with E-state index in [1.165, 1.54) is 6.26 Å². The first-order valence-electron chi connectivity index (χ1n) is 8.51. The molecule has 26 heavy (non-hydrogen) atoms. The van der Waals surface area contributed by atoms with Crippen LogP contribution in [-0.4, -0.2) is 38.4 Å². The summed E-state index contributed by atoms with van der Waals surface area (Å²) in [5, 5.41) is 0. The van der Waals surface area contributed by atoms with Gasteiger partial charge in [0.1, 0.15) is 5.52 Å². The Morgan fingerprint density at radius 3 is 2.81 bits per heavy atom. The predicted molar refractivity (Wildman–Crippen MR) is 93.5 cm³/mol. The Bertz CT molecular complexity index is 1050. The van der Waals surface area contributed by atoms with Gasteiger partial charge in [0.15, 0.2) is 23.0 Å². The number of imidazole rings is 1. The van der Waals surface area contributed by atoms with Crippen molar-refractivity contribution < 1.29 is 13.6 Å². The van der Waals surface area contributed by atoms with Crippen LogP contribution in [-0.2, 0) is 0 Å². The molecule has 0 unspecified atom stereocenters. The maximum Gasteiger partial charge on any atom is 0.289 e. The molecule has 4 aromatic rings. The van der Waals surface area contributed by atoms with Crippen LogP contribution in [0.5, 0.6) is 0 Å². The molecular weight excluding hydrogens is 332 g/mol. The van der Waals surface area contributed by atoms with E-state index in [0.717, 1.165) is 23.4 Å². The van der Waals surface area contributed by atoms with Crippen molar-refractivity contribution in [2.45, 2.75) is 12.5 Å². The van der Waals surface area contributed by atoms with Gasteiger partial charge in [-0.15, -0.1) is 0 Å². The monoisotopic (exact) mass is 348 g/mol. The predicted octanol–water partition coefficient (Wildman–Crippen LogP) is 3.37. The number of carbonyl (C=O) groups excluding carboxylic acids is 1. The molecule has 0 N–H and O–H groups in total. The highest BCUT2D eigenvalue weighted by Gasteiger charge is 2.32. The maximum atomic E-state index is 12.6. The van der Waals surface area contributed by atoms with E-state index in [1.54, 1.807) is 24.6 Å². The molecule has 0 radical (unpaired) electrons. The van der Waals surface area contributed by atoms with Crippen LogP contribution >= 0.6 is 0 Å². The summed E-state index contributed by atoms with van der Waals surface area (Å²) in [5.74, 6) is 1.71. The van der Waals surface area contributed by atoms with Crippen LogP contribution in [0.25, 0.3) is 22.7 Å². The number of aromatic nitrogens is 3. The highest BCUT2D eigenvalue weighted by molar-refractivity contribution is 5.91. The second-order valence-electron chi connectivity index (χ2n) is 6.30. The van der Waals surface area contributed by atoms with Gasteiger partial charge in [0.05, 0.1) is 18.6 Å². The Labute approximate surface area is 148 Å². The molecule has 5 heterocycles. The molecule has 0 bridgehead atoms. The van der Waals surface area contributed by atoms with Crippen molar-refractivity contribution in [1.82, 2.24) is 19.4 Å². The van der Waals surface area contributed by atoms with Crippen LogP contribution in [0.15, 0.2) is 64.0 Å². The highest BCUT2D eigenvalue weighted by atomic mass is 16.3. The van der Waals surface area contributed by atoms with Crippen LogP contribution in [0.3, 0.4) is 0 Å². The SMILES string of the molecule is O=C(c1ccco1)N1CC[C@@H](n2c(-c3ccco3)nc3cccnc32)C1. The summed E-state index contributed by atoms with van der Waals surface area (Å²) in [5.41, 5.74) is 1.62. The fourth-order valence-corrected chi connectivity index (χ4v) is 3.55. The van der Waals surface area contributed by atoms with Crippen LogP contribution < -0.4 is 0 Å². The first kappa shape index (κ1) is 14.9. The minimum atomic E-state index is -0.0885. The van der Waals surface area contributed by atoms with Gasteiger partial charge in [-0.2, -0.15) is 0 Å². The molecule has 7 nitrogen and oxygen atoms in total. The number of carbonyl (C=O) groups is 1.